The second kappa shape index (κ2) is 6.38. The van der Waals surface area contributed by atoms with Gasteiger partial charge >= 0.3 is 0 Å². The van der Waals surface area contributed by atoms with Crippen LogP contribution < -0.4 is 10.5 Å². The molecular weight excluding hydrogens is 343 g/mol. The van der Waals surface area contributed by atoms with Crippen LogP contribution in [0, 0.1) is 0 Å². The molecule has 4 nitrogen and oxygen atoms in total. The molecule has 0 spiro atoms. The highest BCUT2D eigenvalue weighted by molar-refractivity contribution is 7.89. The summed E-state index contributed by atoms with van der Waals surface area (Å²) in [4.78, 5) is -0.125. The van der Waals surface area contributed by atoms with Crippen LogP contribution in [0.5, 0.6) is 0 Å². The molecule has 1 aliphatic rings. The number of sulfonamides is 1. The van der Waals surface area contributed by atoms with Crippen molar-refractivity contribution in [3.63, 3.8) is 0 Å². The van der Waals surface area contributed by atoms with E-state index in [0.29, 0.717) is 17.9 Å². The van der Waals surface area contributed by atoms with Crippen LogP contribution in [0.1, 0.15) is 25.7 Å². The lowest BCUT2D eigenvalue weighted by atomic mass is 9.93. The van der Waals surface area contributed by atoms with Crippen LogP contribution in [0.3, 0.4) is 0 Å². The maximum absolute atomic E-state index is 12.4. The molecule has 0 aliphatic heterocycles. The highest BCUT2D eigenvalue weighted by Crippen LogP contribution is 2.33. The summed E-state index contributed by atoms with van der Waals surface area (Å²) in [7, 11) is -3.77. The lowest BCUT2D eigenvalue weighted by molar-refractivity contribution is 0.373. The van der Waals surface area contributed by atoms with Gasteiger partial charge in [-0.3, -0.25) is 0 Å². The van der Waals surface area contributed by atoms with Crippen LogP contribution in [0.15, 0.2) is 17.0 Å². The zero-order chi connectivity index (χ0) is 14.9. The highest BCUT2D eigenvalue weighted by atomic mass is 35.5. The Labute approximate surface area is 133 Å². The minimum atomic E-state index is -3.77. The molecule has 0 amide bonds. The number of rotatable bonds is 3. The molecule has 2 rings (SSSR count). The lowest BCUT2D eigenvalue weighted by Gasteiger charge is -2.26. The van der Waals surface area contributed by atoms with Crippen LogP contribution >= 0.6 is 34.8 Å². The van der Waals surface area contributed by atoms with Gasteiger partial charge in [0.15, 0.2) is 0 Å². The molecule has 0 aromatic heterocycles. The van der Waals surface area contributed by atoms with Crippen molar-refractivity contribution in [2.24, 2.45) is 5.73 Å². The number of nitrogens with one attached hydrogen (secondary N) is 1. The molecule has 0 atom stereocenters. The number of benzene rings is 1. The van der Waals surface area contributed by atoms with Gasteiger partial charge in [-0.2, -0.15) is 0 Å². The van der Waals surface area contributed by atoms with E-state index in [-0.39, 0.29) is 27.0 Å². The van der Waals surface area contributed by atoms with Crippen LogP contribution in [0.4, 0.5) is 0 Å². The molecule has 1 aromatic rings. The maximum atomic E-state index is 12.4. The first-order valence-corrected chi connectivity index (χ1v) is 8.84. The fourth-order valence-electron chi connectivity index (χ4n) is 2.30. The summed E-state index contributed by atoms with van der Waals surface area (Å²) in [5.41, 5.74) is 5.80. The molecule has 1 aliphatic carbocycles. The van der Waals surface area contributed by atoms with Crippen LogP contribution in [0.2, 0.25) is 15.1 Å². The van der Waals surface area contributed by atoms with E-state index < -0.39 is 10.0 Å². The summed E-state index contributed by atoms with van der Waals surface area (Å²) in [6.45, 7) is 0. The van der Waals surface area contributed by atoms with E-state index in [2.05, 4.69) is 4.72 Å². The minimum Gasteiger partial charge on any atom is -0.328 e. The van der Waals surface area contributed by atoms with Gasteiger partial charge in [0, 0.05) is 17.1 Å². The molecule has 0 unspecified atom stereocenters. The van der Waals surface area contributed by atoms with Crippen molar-refractivity contribution in [1.82, 2.24) is 4.72 Å². The van der Waals surface area contributed by atoms with Gasteiger partial charge < -0.3 is 5.73 Å². The van der Waals surface area contributed by atoms with Crippen LogP contribution in [-0.2, 0) is 10.0 Å². The molecule has 3 N–H and O–H groups in total. The van der Waals surface area contributed by atoms with Gasteiger partial charge in [0.05, 0.1) is 10.0 Å². The second-order valence-electron chi connectivity index (χ2n) is 4.93. The fraction of sp³-hybridized carbons (Fsp3) is 0.500. The van der Waals surface area contributed by atoms with Gasteiger partial charge in [0.1, 0.15) is 4.90 Å². The minimum absolute atomic E-state index is 0.0162. The number of halogens is 3. The Hall–Kier alpha value is -0.0400. The quantitative estimate of drug-likeness (QED) is 0.872. The van der Waals surface area contributed by atoms with E-state index in [1.807, 2.05) is 0 Å². The van der Waals surface area contributed by atoms with Crippen molar-refractivity contribution in [2.75, 3.05) is 0 Å². The van der Waals surface area contributed by atoms with E-state index in [1.165, 1.54) is 12.1 Å². The van der Waals surface area contributed by atoms with Crippen molar-refractivity contribution >= 4 is 44.8 Å². The topological polar surface area (TPSA) is 72.2 Å². The molecule has 1 fully saturated rings. The average Bonchev–Trinajstić information content (AvgIpc) is 2.30. The predicted molar refractivity (Wildman–Crippen MR) is 82.0 cm³/mol. The molecule has 112 valence electrons. The zero-order valence-corrected chi connectivity index (χ0v) is 13.7. The van der Waals surface area contributed by atoms with Crippen molar-refractivity contribution in [2.45, 2.75) is 42.7 Å². The largest absolute Gasteiger partial charge is 0.328 e. The summed E-state index contributed by atoms with van der Waals surface area (Å²) in [6, 6.07) is 2.74. The standard InChI is InChI=1S/C12H15Cl3N2O2S/c13-7-5-10(14)12(11(15)6-7)20(18,19)17-9-3-1-8(16)2-4-9/h5-6,8-9,17H,1-4,16H2. The van der Waals surface area contributed by atoms with Gasteiger partial charge in [-0.1, -0.05) is 34.8 Å². The van der Waals surface area contributed by atoms with E-state index in [9.17, 15) is 8.42 Å². The Bertz CT molecular complexity index is 576. The summed E-state index contributed by atoms with van der Waals surface area (Å²) >= 11 is 17.7. The molecule has 1 saturated carbocycles. The Morgan fingerprint density at radius 2 is 1.55 bits per heavy atom. The third kappa shape index (κ3) is 3.78. The SMILES string of the molecule is NC1CCC(NS(=O)(=O)c2c(Cl)cc(Cl)cc2Cl)CC1. The smallest absolute Gasteiger partial charge is 0.243 e. The summed E-state index contributed by atoms with van der Waals surface area (Å²) in [5, 5.41) is 0.326. The molecule has 0 radical (unpaired) electrons. The fourth-order valence-corrected chi connectivity index (χ4v) is 5.15. The first kappa shape index (κ1) is 16.3. The van der Waals surface area contributed by atoms with Crippen molar-refractivity contribution in [3.05, 3.63) is 27.2 Å². The number of hydrogen-bond acceptors (Lipinski definition) is 3. The normalized spacial score (nSPS) is 23.8. The number of nitrogens with two attached hydrogens (primary N) is 1. The summed E-state index contributed by atoms with van der Waals surface area (Å²) in [5.74, 6) is 0. The average molecular weight is 358 g/mol. The highest BCUT2D eigenvalue weighted by Gasteiger charge is 2.27. The first-order valence-electron chi connectivity index (χ1n) is 6.22. The third-order valence-corrected chi connectivity index (χ3v) is 5.98. The Balaban J connectivity index is 2.23. The number of hydrogen-bond donors (Lipinski definition) is 2. The molecule has 8 heteroatoms. The molecular formula is C12H15Cl3N2O2S. The molecule has 1 aromatic carbocycles. The first-order chi connectivity index (χ1) is 9.29. The Kier molecular flexibility index (Phi) is 5.21. The Morgan fingerprint density at radius 1 is 1.05 bits per heavy atom. The van der Waals surface area contributed by atoms with E-state index in [4.69, 9.17) is 40.5 Å². The summed E-state index contributed by atoms with van der Waals surface area (Å²) < 4.78 is 27.4. The third-order valence-electron chi connectivity index (χ3n) is 3.33. The van der Waals surface area contributed by atoms with Crippen molar-refractivity contribution in [1.29, 1.82) is 0 Å². The molecule has 20 heavy (non-hydrogen) atoms. The monoisotopic (exact) mass is 356 g/mol. The molecule has 0 heterocycles. The second-order valence-corrected chi connectivity index (χ2v) is 7.83. The molecule has 0 bridgehead atoms. The summed E-state index contributed by atoms with van der Waals surface area (Å²) in [6.07, 6.45) is 3.02. The van der Waals surface area contributed by atoms with Gasteiger partial charge in [-0.15, -0.1) is 0 Å². The zero-order valence-electron chi connectivity index (χ0n) is 10.6. The predicted octanol–water partition coefficient (Wildman–Crippen LogP) is 3.20. The van der Waals surface area contributed by atoms with E-state index in [1.54, 1.807) is 0 Å². The van der Waals surface area contributed by atoms with Gasteiger partial charge in [0.25, 0.3) is 0 Å². The van der Waals surface area contributed by atoms with Crippen molar-refractivity contribution < 1.29 is 8.42 Å². The maximum Gasteiger partial charge on any atom is 0.243 e. The van der Waals surface area contributed by atoms with E-state index >= 15 is 0 Å². The van der Waals surface area contributed by atoms with Crippen LogP contribution in [-0.4, -0.2) is 20.5 Å². The lowest BCUT2D eigenvalue weighted by Crippen LogP contribution is -2.40. The van der Waals surface area contributed by atoms with Gasteiger partial charge in [-0.05, 0) is 37.8 Å². The van der Waals surface area contributed by atoms with Gasteiger partial charge in [0.2, 0.25) is 10.0 Å². The van der Waals surface area contributed by atoms with Crippen molar-refractivity contribution in [3.8, 4) is 0 Å². The van der Waals surface area contributed by atoms with Gasteiger partial charge in [-0.25, -0.2) is 13.1 Å². The molecule has 0 saturated heterocycles. The van der Waals surface area contributed by atoms with E-state index in [0.717, 1.165) is 12.8 Å². The van der Waals surface area contributed by atoms with Crippen LogP contribution in [0.25, 0.3) is 0 Å². The Morgan fingerprint density at radius 3 is 2.05 bits per heavy atom.